The van der Waals surface area contributed by atoms with Gasteiger partial charge in [0.15, 0.2) is 0 Å². The fourth-order valence-electron chi connectivity index (χ4n) is 2.93. The molecule has 0 unspecified atom stereocenters. The number of hydrogen-bond acceptors (Lipinski definition) is 3. The lowest BCUT2D eigenvalue weighted by Gasteiger charge is -2.35. The number of hydrogen-bond donors (Lipinski definition) is 2. The number of carbonyl (C=O) groups is 1. The van der Waals surface area contributed by atoms with Gasteiger partial charge in [-0.3, -0.25) is 4.79 Å². The number of nitrogens with zero attached hydrogens (tertiary/aromatic N) is 1. The maximum absolute atomic E-state index is 12.2. The van der Waals surface area contributed by atoms with E-state index >= 15 is 0 Å². The van der Waals surface area contributed by atoms with Crippen molar-refractivity contribution < 1.29 is 4.79 Å². The van der Waals surface area contributed by atoms with Crippen LogP contribution in [0.25, 0.3) is 0 Å². The first-order chi connectivity index (χ1) is 9.54. The maximum Gasteiger partial charge on any atom is 0.225 e. The third-order valence-corrected chi connectivity index (χ3v) is 4.58. The molecular weight excluding hydrogens is 274 g/mol. The molecule has 4 nitrogen and oxygen atoms in total. The van der Waals surface area contributed by atoms with Crippen LogP contribution in [0.5, 0.6) is 0 Å². The first kappa shape index (κ1) is 15.3. The molecule has 0 spiro atoms. The average molecular weight is 296 g/mol. The summed E-state index contributed by atoms with van der Waals surface area (Å²) in [6.07, 6.45) is 7.78. The minimum Gasteiger partial charge on any atom is -0.330 e. The molecule has 0 bridgehead atoms. The van der Waals surface area contributed by atoms with E-state index in [9.17, 15) is 4.79 Å². The van der Waals surface area contributed by atoms with Crippen molar-refractivity contribution in [1.29, 1.82) is 0 Å². The van der Waals surface area contributed by atoms with Crippen molar-refractivity contribution in [3.8, 4) is 0 Å². The second kappa shape index (κ2) is 6.55. The highest BCUT2D eigenvalue weighted by molar-refractivity contribution is 6.30. The molecular formula is C15H22ClN3O. The summed E-state index contributed by atoms with van der Waals surface area (Å²) in [5, 5.41) is 3.37. The monoisotopic (exact) mass is 295 g/mol. The first-order valence-electron chi connectivity index (χ1n) is 7.17. The van der Waals surface area contributed by atoms with Gasteiger partial charge >= 0.3 is 0 Å². The number of aryl methyl sites for hydroxylation is 1. The van der Waals surface area contributed by atoms with E-state index in [4.69, 9.17) is 17.3 Å². The van der Waals surface area contributed by atoms with Crippen LogP contribution in [0, 0.1) is 12.3 Å². The number of pyridine rings is 1. The van der Waals surface area contributed by atoms with Crippen molar-refractivity contribution in [2.24, 2.45) is 11.1 Å². The van der Waals surface area contributed by atoms with Crippen LogP contribution in [0.2, 0.25) is 5.15 Å². The summed E-state index contributed by atoms with van der Waals surface area (Å²) in [4.78, 5) is 16.3. The number of anilines is 1. The van der Waals surface area contributed by atoms with Gasteiger partial charge in [-0.2, -0.15) is 0 Å². The van der Waals surface area contributed by atoms with E-state index < -0.39 is 0 Å². The van der Waals surface area contributed by atoms with Gasteiger partial charge in [0.2, 0.25) is 5.91 Å². The molecule has 0 radical (unpaired) electrons. The van der Waals surface area contributed by atoms with Crippen LogP contribution in [-0.4, -0.2) is 17.4 Å². The Bertz CT molecular complexity index is 484. The van der Waals surface area contributed by atoms with E-state index in [1.54, 1.807) is 6.20 Å². The van der Waals surface area contributed by atoms with Crippen LogP contribution in [0.4, 0.5) is 5.69 Å². The topological polar surface area (TPSA) is 68.0 Å². The molecule has 0 aliphatic heterocycles. The van der Waals surface area contributed by atoms with E-state index in [1.165, 1.54) is 19.3 Å². The molecule has 3 N–H and O–H groups in total. The molecule has 110 valence electrons. The van der Waals surface area contributed by atoms with Gasteiger partial charge in [-0.25, -0.2) is 4.98 Å². The molecule has 1 saturated carbocycles. The third-order valence-electron chi connectivity index (χ3n) is 4.18. The van der Waals surface area contributed by atoms with Gasteiger partial charge in [0.25, 0.3) is 0 Å². The largest absolute Gasteiger partial charge is 0.330 e. The fraction of sp³-hybridized carbons (Fsp3) is 0.600. The van der Waals surface area contributed by atoms with Crippen LogP contribution in [0.1, 0.15) is 44.1 Å². The van der Waals surface area contributed by atoms with Crippen molar-refractivity contribution in [3.05, 3.63) is 23.0 Å². The molecule has 1 aliphatic carbocycles. The number of carbonyl (C=O) groups excluding carboxylic acids is 1. The Hall–Kier alpha value is -1.13. The second-order valence-electron chi connectivity index (χ2n) is 5.82. The summed E-state index contributed by atoms with van der Waals surface area (Å²) in [6, 6.07) is 1.84. The number of rotatable bonds is 4. The molecule has 1 aromatic heterocycles. The van der Waals surface area contributed by atoms with Gasteiger partial charge in [-0.05, 0) is 43.4 Å². The zero-order valence-electron chi connectivity index (χ0n) is 11.9. The van der Waals surface area contributed by atoms with Gasteiger partial charge in [0, 0.05) is 6.42 Å². The van der Waals surface area contributed by atoms with Crippen molar-refractivity contribution in [3.63, 3.8) is 0 Å². The van der Waals surface area contributed by atoms with Crippen LogP contribution < -0.4 is 11.1 Å². The highest BCUT2D eigenvalue weighted by Gasteiger charge is 2.32. The smallest absolute Gasteiger partial charge is 0.225 e. The summed E-state index contributed by atoms with van der Waals surface area (Å²) in [5.41, 5.74) is 7.45. The maximum atomic E-state index is 12.2. The standard InChI is InChI=1S/C15H22ClN3O/c1-11-7-12(9-18-14(11)16)19-13(20)8-15(10-17)5-3-2-4-6-15/h7,9H,2-6,8,10,17H2,1H3,(H,19,20). The molecule has 1 heterocycles. The van der Waals surface area contributed by atoms with Gasteiger partial charge in [-0.15, -0.1) is 0 Å². The van der Waals surface area contributed by atoms with Crippen molar-refractivity contribution in [1.82, 2.24) is 4.98 Å². The van der Waals surface area contributed by atoms with Crippen LogP contribution >= 0.6 is 11.6 Å². The van der Waals surface area contributed by atoms with Crippen molar-refractivity contribution in [2.45, 2.75) is 45.4 Å². The Balaban J connectivity index is 1.98. The first-order valence-corrected chi connectivity index (χ1v) is 7.54. The summed E-state index contributed by atoms with van der Waals surface area (Å²) < 4.78 is 0. The van der Waals surface area contributed by atoms with E-state index in [1.807, 2.05) is 13.0 Å². The van der Waals surface area contributed by atoms with Crippen molar-refractivity contribution in [2.75, 3.05) is 11.9 Å². The summed E-state index contributed by atoms with van der Waals surface area (Å²) >= 11 is 5.88. The van der Waals surface area contributed by atoms with Gasteiger partial charge < -0.3 is 11.1 Å². The van der Waals surface area contributed by atoms with E-state index in [0.717, 1.165) is 18.4 Å². The number of amides is 1. The number of halogens is 1. The summed E-state index contributed by atoms with van der Waals surface area (Å²) in [5.74, 6) is 0.0147. The Morgan fingerprint density at radius 1 is 1.45 bits per heavy atom. The lowest BCUT2D eigenvalue weighted by molar-refractivity contribution is -0.118. The Kier molecular flexibility index (Phi) is 5.00. The van der Waals surface area contributed by atoms with E-state index in [-0.39, 0.29) is 11.3 Å². The second-order valence-corrected chi connectivity index (χ2v) is 6.18. The molecule has 20 heavy (non-hydrogen) atoms. The van der Waals surface area contributed by atoms with Gasteiger partial charge in [0.1, 0.15) is 5.15 Å². The quantitative estimate of drug-likeness (QED) is 0.838. The van der Waals surface area contributed by atoms with E-state index in [2.05, 4.69) is 10.3 Å². The highest BCUT2D eigenvalue weighted by Crippen LogP contribution is 2.38. The van der Waals surface area contributed by atoms with Crippen molar-refractivity contribution >= 4 is 23.2 Å². The normalized spacial score (nSPS) is 17.8. The number of nitrogens with two attached hydrogens (primary N) is 1. The lowest BCUT2D eigenvalue weighted by Crippen LogP contribution is -2.36. The fourth-order valence-corrected chi connectivity index (χ4v) is 3.03. The molecule has 1 aliphatic rings. The number of aromatic nitrogens is 1. The zero-order chi connectivity index (χ0) is 14.6. The predicted molar refractivity (Wildman–Crippen MR) is 81.8 cm³/mol. The van der Waals surface area contributed by atoms with Gasteiger partial charge in [0.05, 0.1) is 11.9 Å². The van der Waals surface area contributed by atoms with Crippen LogP contribution in [0.15, 0.2) is 12.3 Å². The average Bonchev–Trinajstić information content (AvgIpc) is 2.44. The van der Waals surface area contributed by atoms with E-state index in [0.29, 0.717) is 23.8 Å². The summed E-state index contributed by atoms with van der Waals surface area (Å²) in [6.45, 7) is 2.45. The Morgan fingerprint density at radius 2 is 2.15 bits per heavy atom. The highest BCUT2D eigenvalue weighted by atomic mass is 35.5. The Labute approximate surface area is 125 Å². The van der Waals surface area contributed by atoms with Crippen LogP contribution in [-0.2, 0) is 4.79 Å². The molecule has 0 atom stereocenters. The predicted octanol–water partition coefficient (Wildman–Crippen LogP) is 3.28. The lowest BCUT2D eigenvalue weighted by atomic mass is 9.71. The molecule has 0 aromatic carbocycles. The molecule has 2 rings (SSSR count). The minimum atomic E-state index is -0.0166. The van der Waals surface area contributed by atoms with Crippen LogP contribution in [0.3, 0.4) is 0 Å². The molecule has 1 fully saturated rings. The number of nitrogens with one attached hydrogen (secondary N) is 1. The summed E-state index contributed by atoms with van der Waals surface area (Å²) in [7, 11) is 0. The zero-order valence-corrected chi connectivity index (χ0v) is 12.7. The molecule has 1 aromatic rings. The molecule has 0 saturated heterocycles. The Morgan fingerprint density at radius 3 is 2.75 bits per heavy atom. The molecule has 1 amide bonds. The van der Waals surface area contributed by atoms with Gasteiger partial charge in [-0.1, -0.05) is 30.9 Å². The SMILES string of the molecule is Cc1cc(NC(=O)CC2(CN)CCCCC2)cnc1Cl. The third kappa shape index (κ3) is 3.70. The molecule has 5 heteroatoms. The minimum absolute atomic E-state index is 0.0147.